The molecule has 0 spiro atoms. The Morgan fingerprint density at radius 2 is 0.962 bits per heavy atom. The molecule has 0 bridgehead atoms. The van der Waals surface area contributed by atoms with Crippen LogP contribution in [0.5, 0.6) is 0 Å². The summed E-state index contributed by atoms with van der Waals surface area (Å²) in [5.41, 5.74) is 11.7. The number of para-hydroxylation sites is 5. The highest BCUT2D eigenvalue weighted by atomic mass is 16.3. The van der Waals surface area contributed by atoms with E-state index in [4.69, 9.17) is 9.40 Å². The van der Waals surface area contributed by atoms with Crippen molar-refractivity contribution >= 4 is 87.2 Å². The standard InChI is InChI=1S/C49H29N3O/c1-2-14-31(15-3-1)51-43-22-9-5-18-34(43)37-25-26-38-35-19-6-10-23-44(35)52(49(38)48(37)51)32-16-12-13-30(27-32)47-41-29-46-40(36-20-7-11-24-45(36)53-46)28-39(41)33-17-4-8-21-42(33)50-47/h1-29H. The predicted molar refractivity (Wildman–Crippen MR) is 221 cm³/mol. The zero-order chi connectivity index (χ0) is 34.6. The van der Waals surface area contributed by atoms with Crippen LogP contribution in [0.3, 0.4) is 0 Å². The van der Waals surface area contributed by atoms with Crippen molar-refractivity contribution in [3.8, 4) is 22.6 Å². The van der Waals surface area contributed by atoms with E-state index in [0.717, 1.165) is 66.4 Å². The number of hydrogen-bond acceptors (Lipinski definition) is 2. The first kappa shape index (κ1) is 28.5. The zero-order valence-corrected chi connectivity index (χ0v) is 28.5. The second-order valence-corrected chi connectivity index (χ2v) is 13.9. The molecule has 0 saturated heterocycles. The molecule has 0 atom stereocenters. The summed E-state index contributed by atoms with van der Waals surface area (Å²) in [4.78, 5) is 5.36. The highest BCUT2D eigenvalue weighted by molar-refractivity contribution is 6.24. The molecular weight excluding hydrogens is 647 g/mol. The first-order chi connectivity index (χ1) is 26.3. The van der Waals surface area contributed by atoms with Crippen molar-refractivity contribution in [2.24, 2.45) is 0 Å². The van der Waals surface area contributed by atoms with Gasteiger partial charge in [-0.05, 0) is 66.0 Å². The minimum atomic E-state index is 0.867. The Labute approximate surface area is 303 Å². The van der Waals surface area contributed by atoms with Crippen LogP contribution in [0.2, 0.25) is 0 Å². The Morgan fingerprint density at radius 3 is 1.72 bits per heavy atom. The van der Waals surface area contributed by atoms with Crippen molar-refractivity contribution < 1.29 is 4.42 Å². The Bertz CT molecular complexity index is 3460. The van der Waals surface area contributed by atoms with Crippen LogP contribution in [-0.2, 0) is 0 Å². The van der Waals surface area contributed by atoms with E-state index >= 15 is 0 Å². The second kappa shape index (κ2) is 10.7. The highest BCUT2D eigenvalue weighted by Gasteiger charge is 2.22. The Kier molecular flexibility index (Phi) is 5.74. The summed E-state index contributed by atoms with van der Waals surface area (Å²) in [6, 6.07) is 63.0. The summed E-state index contributed by atoms with van der Waals surface area (Å²) in [5, 5.41) is 10.5. The van der Waals surface area contributed by atoms with E-state index in [2.05, 4.69) is 173 Å². The Balaban J connectivity index is 1.19. The lowest BCUT2D eigenvalue weighted by atomic mass is 9.98. The molecule has 0 radical (unpaired) electrons. The van der Waals surface area contributed by atoms with Gasteiger partial charge in [0.2, 0.25) is 0 Å². The third-order valence-corrected chi connectivity index (χ3v) is 11.1. The van der Waals surface area contributed by atoms with Crippen LogP contribution in [0.25, 0.3) is 110 Å². The van der Waals surface area contributed by atoms with Crippen molar-refractivity contribution in [2.45, 2.75) is 0 Å². The van der Waals surface area contributed by atoms with E-state index in [9.17, 15) is 0 Å². The van der Waals surface area contributed by atoms with Gasteiger partial charge >= 0.3 is 0 Å². The maximum Gasteiger partial charge on any atom is 0.136 e. The number of fused-ring (bicyclic) bond motifs is 13. The molecule has 0 amide bonds. The maximum absolute atomic E-state index is 6.42. The van der Waals surface area contributed by atoms with Crippen molar-refractivity contribution in [2.75, 3.05) is 0 Å². The number of furan rings is 1. The molecule has 4 heterocycles. The largest absolute Gasteiger partial charge is 0.456 e. The van der Waals surface area contributed by atoms with Gasteiger partial charge in [0.05, 0.1) is 33.3 Å². The summed E-state index contributed by atoms with van der Waals surface area (Å²) >= 11 is 0. The van der Waals surface area contributed by atoms with Crippen LogP contribution in [0.15, 0.2) is 180 Å². The summed E-state index contributed by atoms with van der Waals surface area (Å²) in [6.45, 7) is 0. The summed E-state index contributed by atoms with van der Waals surface area (Å²) in [7, 11) is 0. The van der Waals surface area contributed by atoms with E-state index in [1.165, 1.54) is 43.5 Å². The van der Waals surface area contributed by atoms with Gasteiger partial charge in [0.15, 0.2) is 0 Å². The van der Waals surface area contributed by atoms with E-state index < -0.39 is 0 Å². The molecule has 53 heavy (non-hydrogen) atoms. The number of benzene rings is 8. The molecule has 4 nitrogen and oxygen atoms in total. The Hall–Kier alpha value is -7.17. The molecule has 0 fully saturated rings. The van der Waals surface area contributed by atoms with Gasteiger partial charge < -0.3 is 13.6 Å². The predicted octanol–water partition coefficient (Wildman–Crippen LogP) is 13.1. The molecule has 0 unspecified atom stereocenters. The SMILES string of the molecule is c1ccc(-n2c3ccccc3c3ccc4c5ccccc5n(-c5cccc(-c6nc7ccccc7c7cc8c(cc67)oc6ccccc68)c5)c4c32)cc1. The van der Waals surface area contributed by atoms with Gasteiger partial charge in [0.25, 0.3) is 0 Å². The third kappa shape index (κ3) is 3.98. The monoisotopic (exact) mass is 675 g/mol. The zero-order valence-electron chi connectivity index (χ0n) is 28.5. The van der Waals surface area contributed by atoms with Crippen LogP contribution < -0.4 is 0 Å². The number of aromatic nitrogens is 3. The maximum atomic E-state index is 6.42. The van der Waals surface area contributed by atoms with Gasteiger partial charge in [0, 0.05) is 60.0 Å². The lowest BCUT2D eigenvalue weighted by Gasteiger charge is -2.14. The van der Waals surface area contributed by atoms with Crippen LogP contribution in [-0.4, -0.2) is 14.1 Å². The van der Waals surface area contributed by atoms with E-state index in [-0.39, 0.29) is 0 Å². The summed E-state index contributed by atoms with van der Waals surface area (Å²) in [5.74, 6) is 0. The fourth-order valence-electron chi connectivity index (χ4n) is 8.80. The lowest BCUT2D eigenvalue weighted by Crippen LogP contribution is -1.99. The molecule has 0 aliphatic heterocycles. The van der Waals surface area contributed by atoms with E-state index in [1.807, 2.05) is 12.1 Å². The summed E-state index contributed by atoms with van der Waals surface area (Å²) in [6.07, 6.45) is 0. The minimum Gasteiger partial charge on any atom is -0.456 e. The average molecular weight is 676 g/mol. The van der Waals surface area contributed by atoms with Gasteiger partial charge in [-0.2, -0.15) is 0 Å². The molecule has 4 aromatic heterocycles. The first-order valence-corrected chi connectivity index (χ1v) is 18.1. The molecule has 0 saturated carbocycles. The fraction of sp³-hybridized carbons (Fsp3) is 0. The van der Waals surface area contributed by atoms with E-state index in [1.54, 1.807) is 0 Å². The molecule has 12 aromatic rings. The molecule has 0 N–H and O–H groups in total. The third-order valence-electron chi connectivity index (χ3n) is 11.1. The van der Waals surface area contributed by atoms with Crippen molar-refractivity contribution in [1.82, 2.24) is 14.1 Å². The highest BCUT2D eigenvalue weighted by Crippen LogP contribution is 2.43. The number of pyridine rings is 1. The van der Waals surface area contributed by atoms with Crippen LogP contribution >= 0.6 is 0 Å². The van der Waals surface area contributed by atoms with Gasteiger partial charge in [-0.3, -0.25) is 0 Å². The van der Waals surface area contributed by atoms with Crippen molar-refractivity contribution in [1.29, 1.82) is 0 Å². The normalized spacial score (nSPS) is 12.2. The van der Waals surface area contributed by atoms with Gasteiger partial charge in [-0.25, -0.2) is 4.98 Å². The van der Waals surface area contributed by atoms with Crippen LogP contribution in [0, 0.1) is 0 Å². The van der Waals surface area contributed by atoms with Crippen LogP contribution in [0.1, 0.15) is 0 Å². The van der Waals surface area contributed by atoms with Crippen molar-refractivity contribution in [3.63, 3.8) is 0 Å². The first-order valence-electron chi connectivity index (χ1n) is 18.1. The molecule has 246 valence electrons. The average Bonchev–Trinajstić information content (AvgIpc) is 3.88. The summed E-state index contributed by atoms with van der Waals surface area (Å²) < 4.78 is 11.3. The molecule has 12 rings (SSSR count). The quantitative estimate of drug-likeness (QED) is 0.175. The lowest BCUT2D eigenvalue weighted by molar-refractivity contribution is 0.669. The smallest absolute Gasteiger partial charge is 0.136 e. The topological polar surface area (TPSA) is 35.9 Å². The molecular formula is C49H29N3O. The number of hydrogen-bond donors (Lipinski definition) is 0. The Morgan fingerprint density at radius 1 is 0.358 bits per heavy atom. The number of nitrogens with zero attached hydrogens (tertiary/aromatic N) is 3. The van der Waals surface area contributed by atoms with Gasteiger partial charge in [-0.1, -0.05) is 115 Å². The van der Waals surface area contributed by atoms with Gasteiger partial charge in [-0.15, -0.1) is 0 Å². The van der Waals surface area contributed by atoms with E-state index in [0.29, 0.717) is 0 Å². The van der Waals surface area contributed by atoms with Crippen molar-refractivity contribution in [3.05, 3.63) is 176 Å². The molecule has 4 heteroatoms. The van der Waals surface area contributed by atoms with Gasteiger partial charge in [0.1, 0.15) is 11.2 Å². The molecule has 0 aliphatic carbocycles. The molecule has 0 aliphatic rings. The van der Waals surface area contributed by atoms with Crippen LogP contribution in [0.4, 0.5) is 0 Å². The second-order valence-electron chi connectivity index (χ2n) is 13.9. The number of rotatable bonds is 3. The molecule has 8 aromatic carbocycles. The minimum absolute atomic E-state index is 0.867. The fourth-order valence-corrected chi connectivity index (χ4v) is 8.80.